The van der Waals surface area contributed by atoms with Crippen molar-refractivity contribution in [2.75, 3.05) is 6.61 Å². The SMILES string of the molecule is CC(=O)OC[C@H]1O[C@@H](C2=CC(=O)c3ccccc3C2=O)[C@H](OC(C)=O)[C@@H](OC(C)=O)[C@H]1OC(C)=O. The van der Waals surface area contributed by atoms with Crippen LogP contribution < -0.4 is 0 Å². The minimum absolute atomic E-state index is 0.114. The molecule has 5 atom stereocenters. The van der Waals surface area contributed by atoms with E-state index in [2.05, 4.69) is 0 Å². The summed E-state index contributed by atoms with van der Waals surface area (Å²) >= 11 is 0. The molecule has 3 rings (SSSR count). The summed E-state index contributed by atoms with van der Waals surface area (Å²) in [6.45, 7) is 3.98. The fraction of sp³-hybridized carbons (Fsp3) is 0.417. The summed E-state index contributed by atoms with van der Waals surface area (Å²) < 4.78 is 27.1. The first-order chi connectivity index (χ1) is 16.5. The number of hydrogen-bond acceptors (Lipinski definition) is 11. The van der Waals surface area contributed by atoms with Crippen molar-refractivity contribution in [1.29, 1.82) is 0 Å². The van der Waals surface area contributed by atoms with Gasteiger partial charge in [-0.1, -0.05) is 24.3 Å². The van der Waals surface area contributed by atoms with E-state index in [0.29, 0.717) is 0 Å². The molecule has 35 heavy (non-hydrogen) atoms. The van der Waals surface area contributed by atoms with Crippen molar-refractivity contribution in [3.05, 3.63) is 47.0 Å². The van der Waals surface area contributed by atoms with E-state index >= 15 is 0 Å². The average molecular weight is 488 g/mol. The van der Waals surface area contributed by atoms with Crippen molar-refractivity contribution in [3.8, 4) is 0 Å². The molecular weight excluding hydrogens is 464 g/mol. The molecule has 2 aliphatic rings. The van der Waals surface area contributed by atoms with E-state index in [4.69, 9.17) is 23.7 Å². The van der Waals surface area contributed by atoms with Crippen LogP contribution in [0, 0.1) is 0 Å². The number of esters is 4. The molecule has 1 fully saturated rings. The van der Waals surface area contributed by atoms with Crippen LogP contribution in [0.5, 0.6) is 0 Å². The first-order valence-corrected chi connectivity index (χ1v) is 10.7. The maximum atomic E-state index is 13.3. The van der Waals surface area contributed by atoms with Gasteiger partial charge in [-0.25, -0.2) is 0 Å². The minimum Gasteiger partial charge on any atom is -0.463 e. The van der Waals surface area contributed by atoms with Crippen LogP contribution >= 0.6 is 0 Å². The number of ether oxygens (including phenoxy) is 5. The first kappa shape index (κ1) is 25.8. The molecule has 11 nitrogen and oxygen atoms in total. The van der Waals surface area contributed by atoms with Crippen LogP contribution in [0.1, 0.15) is 48.4 Å². The van der Waals surface area contributed by atoms with Gasteiger partial charge in [-0.05, 0) is 6.08 Å². The Kier molecular flexibility index (Phi) is 7.80. The van der Waals surface area contributed by atoms with Crippen LogP contribution in [0.25, 0.3) is 0 Å². The molecule has 0 aromatic heterocycles. The maximum Gasteiger partial charge on any atom is 0.303 e. The second-order valence-electron chi connectivity index (χ2n) is 7.96. The van der Waals surface area contributed by atoms with Crippen molar-refractivity contribution >= 4 is 35.4 Å². The number of fused-ring (bicyclic) bond motifs is 1. The molecule has 1 aliphatic heterocycles. The number of Topliss-reactive ketones (excluding diaryl/α,β-unsaturated/α-hetero) is 1. The zero-order valence-electron chi connectivity index (χ0n) is 19.5. The lowest BCUT2D eigenvalue weighted by Gasteiger charge is -2.45. The maximum absolute atomic E-state index is 13.3. The van der Waals surface area contributed by atoms with E-state index < -0.39 is 72.6 Å². The smallest absolute Gasteiger partial charge is 0.303 e. The molecule has 1 aromatic carbocycles. The predicted octanol–water partition coefficient (Wildman–Crippen LogP) is 1.12. The first-order valence-electron chi connectivity index (χ1n) is 10.7. The molecule has 0 spiro atoms. The van der Waals surface area contributed by atoms with Crippen molar-refractivity contribution in [3.63, 3.8) is 0 Å². The third-order valence-electron chi connectivity index (χ3n) is 5.28. The number of hydrogen-bond donors (Lipinski definition) is 0. The quantitative estimate of drug-likeness (QED) is 0.419. The van der Waals surface area contributed by atoms with E-state index in [9.17, 15) is 28.8 Å². The second kappa shape index (κ2) is 10.6. The minimum atomic E-state index is -1.47. The highest BCUT2D eigenvalue weighted by Crippen LogP contribution is 2.35. The third-order valence-corrected chi connectivity index (χ3v) is 5.28. The number of carbonyl (C=O) groups excluding carboxylic acids is 6. The molecule has 0 amide bonds. The summed E-state index contributed by atoms with van der Waals surface area (Å²) in [6.07, 6.45) is -5.86. The largest absolute Gasteiger partial charge is 0.463 e. The lowest BCUT2D eigenvalue weighted by Crippen LogP contribution is -2.63. The van der Waals surface area contributed by atoms with Gasteiger partial charge in [0.2, 0.25) is 0 Å². The average Bonchev–Trinajstić information content (AvgIpc) is 2.77. The summed E-state index contributed by atoms with van der Waals surface area (Å²) in [4.78, 5) is 73.3. The molecule has 0 N–H and O–H groups in total. The van der Waals surface area contributed by atoms with E-state index in [1.54, 1.807) is 12.1 Å². The van der Waals surface area contributed by atoms with Gasteiger partial charge >= 0.3 is 23.9 Å². The van der Waals surface area contributed by atoms with Crippen LogP contribution in [-0.4, -0.2) is 72.6 Å². The summed E-state index contributed by atoms with van der Waals surface area (Å²) in [6, 6.07) is 6.15. The van der Waals surface area contributed by atoms with Crippen LogP contribution in [0.2, 0.25) is 0 Å². The Morgan fingerprint density at radius 1 is 0.771 bits per heavy atom. The molecule has 186 valence electrons. The zero-order chi connectivity index (χ0) is 25.9. The molecule has 0 unspecified atom stereocenters. The van der Waals surface area contributed by atoms with E-state index in [-0.39, 0.29) is 16.7 Å². The summed E-state index contributed by atoms with van der Waals surface area (Å²) in [5.74, 6) is -4.11. The van der Waals surface area contributed by atoms with Crippen molar-refractivity contribution in [2.24, 2.45) is 0 Å². The number of ketones is 2. The molecule has 0 saturated carbocycles. The van der Waals surface area contributed by atoms with Gasteiger partial charge in [0, 0.05) is 44.4 Å². The van der Waals surface area contributed by atoms with Crippen molar-refractivity contribution in [2.45, 2.75) is 58.2 Å². The molecule has 1 aromatic rings. The van der Waals surface area contributed by atoms with Gasteiger partial charge < -0.3 is 23.7 Å². The fourth-order valence-electron chi connectivity index (χ4n) is 4.03. The van der Waals surface area contributed by atoms with Gasteiger partial charge in [-0.2, -0.15) is 0 Å². The highest BCUT2D eigenvalue weighted by molar-refractivity contribution is 6.25. The van der Waals surface area contributed by atoms with Gasteiger partial charge in [0.05, 0.1) is 0 Å². The number of rotatable bonds is 6. The molecule has 1 saturated heterocycles. The lowest BCUT2D eigenvalue weighted by molar-refractivity contribution is -0.245. The van der Waals surface area contributed by atoms with Crippen molar-refractivity contribution < 1.29 is 52.5 Å². The van der Waals surface area contributed by atoms with Gasteiger partial charge in [0.1, 0.15) is 18.8 Å². The summed E-state index contributed by atoms with van der Waals surface area (Å²) in [5.41, 5.74) is 0.140. The van der Waals surface area contributed by atoms with Crippen LogP contribution in [-0.2, 0) is 42.9 Å². The lowest BCUT2D eigenvalue weighted by atomic mass is 9.82. The Morgan fingerprint density at radius 3 is 1.89 bits per heavy atom. The molecular formula is C24H24O11. The fourth-order valence-corrected chi connectivity index (χ4v) is 4.03. The van der Waals surface area contributed by atoms with Gasteiger partial charge in [-0.15, -0.1) is 0 Å². The molecule has 1 aliphatic carbocycles. The highest BCUT2D eigenvalue weighted by Gasteiger charge is 2.54. The van der Waals surface area contributed by atoms with E-state index in [1.165, 1.54) is 12.1 Å². The number of carbonyl (C=O) groups is 6. The van der Waals surface area contributed by atoms with Crippen molar-refractivity contribution in [1.82, 2.24) is 0 Å². The molecule has 11 heteroatoms. The van der Waals surface area contributed by atoms with Crippen LogP contribution in [0.15, 0.2) is 35.9 Å². The summed E-state index contributed by atoms with van der Waals surface area (Å²) in [5, 5.41) is 0. The molecule has 0 radical (unpaired) electrons. The predicted molar refractivity (Wildman–Crippen MR) is 115 cm³/mol. The Morgan fingerprint density at radius 2 is 1.31 bits per heavy atom. The molecule has 0 bridgehead atoms. The Bertz CT molecular complexity index is 1100. The Balaban J connectivity index is 2.12. The Hall–Kier alpha value is -3.86. The molecule has 1 heterocycles. The van der Waals surface area contributed by atoms with Gasteiger partial charge in [0.25, 0.3) is 0 Å². The topological polar surface area (TPSA) is 149 Å². The number of allylic oxidation sites excluding steroid dienone is 1. The normalized spacial score (nSPS) is 25.6. The monoisotopic (exact) mass is 488 g/mol. The van der Waals surface area contributed by atoms with Gasteiger partial charge in [0.15, 0.2) is 29.9 Å². The number of benzene rings is 1. The zero-order valence-corrected chi connectivity index (χ0v) is 19.5. The van der Waals surface area contributed by atoms with Crippen LogP contribution in [0.3, 0.4) is 0 Å². The van der Waals surface area contributed by atoms with E-state index in [0.717, 1.165) is 33.8 Å². The highest BCUT2D eigenvalue weighted by atomic mass is 16.7. The van der Waals surface area contributed by atoms with E-state index in [1.807, 2.05) is 0 Å². The standard InChI is InChI=1S/C24H24O11/c1-11(25)31-10-19-22(32-12(2)26)24(34-14(4)28)23(33-13(3)27)21(35-19)17-9-18(29)15-7-5-6-8-16(15)20(17)30/h5-9,19,21-24H,10H2,1-4H3/t19-,21+,22+,23+,24+/m1/s1. The Labute approximate surface area is 200 Å². The third kappa shape index (κ3) is 5.80. The summed E-state index contributed by atoms with van der Waals surface area (Å²) in [7, 11) is 0. The second-order valence-corrected chi connectivity index (χ2v) is 7.96. The van der Waals surface area contributed by atoms with Crippen LogP contribution in [0.4, 0.5) is 0 Å². The van der Waals surface area contributed by atoms with Gasteiger partial charge in [-0.3, -0.25) is 28.8 Å².